The summed E-state index contributed by atoms with van der Waals surface area (Å²) in [4.78, 5) is 10.7. The van der Waals surface area contributed by atoms with Crippen molar-refractivity contribution >= 4 is 11.7 Å². The van der Waals surface area contributed by atoms with Crippen LogP contribution in [0.3, 0.4) is 0 Å². The zero-order valence-electron chi connectivity index (χ0n) is 12.1. The van der Waals surface area contributed by atoms with Crippen molar-refractivity contribution in [1.82, 2.24) is 9.78 Å². The summed E-state index contributed by atoms with van der Waals surface area (Å²) in [7, 11) is 0. The number of rotatable bonds is 6. The molecule has 2 aromatic rings. The van der Waals surface area contributed by atoms with Crippen LogP contribution in [-0.2, 0) is 6.54 Å². The lowest BCUT2D eigenvalue weighted by molar-refractivity contribution is 0.0692. The Labute approximate surface area is 122 Å². The van der Waals surface area contributed by atoms with Crippen molar-refractivity contribution < 1.29 is 14.3 Å². The van der Waals surface area contributed by atoms with Gasteiger partial charge in [-0.15, -0.1) is 0 Å². The quantitative estimate of drug-likeness (QED) is 0.803. The lowest BCUT2D eigenvalue weighted by Gasteiger charge is -2.08. The zero-order valence-corrected chi connectivity index (χ0v) is 12.1. The van der Waals surface area contributed by atoms with E-state index in [9.17, 15) is 9.18 Å². The summed E-state index contributed by atoms with van der Waals surface area (Å²) in [6.45, 7) is 5.40. The first-order valence-corrected chi connectivity index (χ1v) is 6.75. The number of carbonyl (C=O) groups is 1. The van der Waals surface area contributed by atoms with Gasteiger partial charge in [-0.3, -0.25) is 4.68 Å². The standard InChI is InChI=1S/C15H18FN3O2/c1-10-8-11(2)19(18-10)7-3-6-17-12-4-5-13(15(20)21)14(16)9-12/h4-5,8-9,17H,3,6-7H2,1-2H3,(H,20,21). The fourth-order valence-corrected chi connectivity index (χ4v) is 2.16. The Morgan fingerprint density at radius 2 is 2.14 bits per heavy atom. The number of nitrogens with zero attached hydrogens (tertiary/aromatic N) is 2. The van der Waals surface area contributed by atoms with E-state index >= 15 is 0 Å². The van der Waals surface area contributed by atoms with Gasteiger partial charge < -0.3 is 10.4 Å². The summed E-state index contributed by atoms with van der Waals surface area (Å²) in [5.74, 6) is -1.99. The molecule has 0 radical (unpaired) electrons. The largest absolute Gasteiger partial charge is 0.478 e. The molecule has 6 heteroatoms. The summed E-state index contributed by atoms with van der Waals surface area (Å²) in [5.41, 5.74) is 2.37. The van der Waals surface area contributed by atoms with Crippen LogP contribution in [0.4, 0.5) is 10.1 Å². The smallest absolute Gasteiger partial charge is 0.338 e. The predicted molar refractivity (Wildman–Crippen MR) is 78.2 cm³/mol. The Morgan fingerprint density at radius 3 is 2.71 bits per heavy atom. The molecule has 0 aliphatic carbocycles. The average molecular weight is 291 g/mol. The van der Waals surface area contributed by atoms with Crippen molar-refractivity contribution in [2.24, 2.45) is 0 Å². The Balaban J connectivity index is 1.85. The second-order valence-electron chi connectivity index (χ2n) is 4.93. The molecule has 1 aromatic carbocycles. The molecule has 1 heterocycles. The fourth-order valence-electron chi connectivity index (χ4n) is 2.16. The zero-order chi connectivity index (χ0) is 15.4. The van der Waals surface area contributed by atoms with E-state index < -0.39 is 11.8 Å². The Morgan fingerprint density at radius 1 is 1.38 bits per heavy atom. The van der Waals surface area contributed by atoms with Crippen molar-refractivity contribution in [3.63, 3.8) is 0 Å². The van der Waals surface area contributed by atoms with Gasteiger partial charge in [0.2, 0.25) is 0 Å². The maximum Gasteiger partial charge on any atom is 0.338 e. The third kappa shape index (κ3) is 3.81. The third-order valence-electron chi connectivity index (χ3n) is 3.18. The molecule has 0 aliphatic rings. The van der Waals surface area contributed by atoms with Crippen LogP contribution in [0.2, 0.25) is 0 Å². The molecular formula is C15H18FN3O2. The molecule has 0 spiro atoms. The van der Waals surface area contributed by atoms with Gasteiger partial charge in [0.25, 0.3) is 0 Å². The number of halogens is 1. The number of aromatic carboxylic acids is 1. The molecule has 0 bridgehead atoms. The monoisotopic (exact) mass is 291 g/mol. The molecular weight excluding hydrogens is 273 g/mol. The first-order chi connectivity index (χ1) is 9.97. The van der Waals surface area contributed by atoms with Crippen LogP contribution >= 0.6 is 0 Å². The maximum atomic E-state index is 13.5. The average Bonchev–Trinajstić information content (AvgIpc) is 2.73. The lowest BCUT2D eigenvalue weighted by atomic mass is 10.2. The number of aryl methyl sites for hydroxylation is 3. The van der Waals surface area contributed by atoms with E-state index in [2.05, 4.69) is 10.4 Å². The SMILES string of the molecule is Cc1cc(C)n(CCCNc2ccc(C(=O)O)c(F)c2)n1. The minimum absolute atomic E-state index is 0.316. The number of carboxylic acid groups (broad SMARTS) is 1. The van der Waals surface area contributed by atoms with Crippen LogP contribution in [0.25, 0.3) is 0 Å². The minimum atomic E-state index is -1.26. The van der Waals surface area contributed by atoms with E-state index in [1.165, 1.54) is 12.1 Å². The van der Waals surface area contributed by atoms with Crippen LogP contribution in [-0.4, -0.2) is 27.4 Å². The molecule has 0 unspecified atom stereocenters. The second-order valence-corrected chi connectivity index (χ2v) is 4.93. The van der Waals surface area contributed by atoms with Crippen molar-refractivity contribution in [1.29, 1.82) is 0 Å². The van der Waals surface area contributed by atoms with Crippen molar-refractivity contribution in [3.05, 3.63) is 47.0 Å². The fraction of sp³-hybridized carbons (Fsp3) is 0.333. The minimum Gasteiger partial charge on any atom is -0.478 e. The summed E-state index contributed by atoms with van der Waals surface area (Å²) < 4.78 is 15.4. The number of aromatic nitrogens is 2. The predicted octanol–water partition coefficient (Wildman–Crippen LogP) is 2.84. The maximum absolute atomic E-state index is 13.5. The molecule has 5 nitrogen and oxygen atoms in total. The van der Waals surface area contributed by atoms with E-state index in [0.717, 1.165) is 24.4 Å². The molecule has 0 atom stereocenters. The summed E-state index contributed by atoms with van der Waals surface area (Å²) in [6.07, 6.45) is 0.838. The van der Waals surface area contributed by atoms with Gasteiger partial charge in [-0.1, -0.05) is 0 Å². The first-order valence-electron chi connectivity index (χ1n) is 6.75. The Kier molecular flexibility index (Phi) is 4.57. The molecule has 0 fully saturated rings. The van der Waals surface area contributed by atoms with Crippen LogP contribution in [0.5, 0.6) is 0 Å². The summed E-state index contributed by atoms with van der Waals surface area (Å²) >= 11 is 0. The van der Waals surface area contributed by atoms with E-state index in [1.54, 1.807) is 6.07 Å². The summed E-state index contributed by atoms with van der Waals surface area (Å²) in [5, 5.41) is 16.2. The third-order valence-corrected chi connectivity index (χ3v) is 3.18. The number of anilines is 1. The van der Waals surface area contributed by atoms with E-state index in [4.69, 9.17) is 5.11 Å². The van der Waals surface area contributed by atoms with Gasteiger partial charge in [-0.05, 0) is 44.5 Å². The van der Waals surface area contributed by atoms with Crippen molar-refractivity contribution in [2.75, 3.05) is 11.9 Å². The van der Waals surface area contributed by atoms with Gasteiger partial charge >= 0.3 is 5.97 Å². The molecule has 0 amide bonds. The van der Waals surface area contributed by atoms with Gasteiger partial charge in [0.15, 0.2) is 0 Å². The van der Waals surface area contributed by atoms with Gasteiger partial charge in [0, 0.05) is 24.5 Å². The molecule has 112 valence electrons. The summed E-state index contributed by atoms with van der Waals surface area (Å²) in [6, 6.07) is 6.05. The number of nitrogens with one attached hydrogen (secondary N) is 1. The molecule has 1 aromatic heterocycles. The molecule has 2 rings (SSSR count). The van der Waals surface area contributed by atoms with Gasteiger partial charge in [0.05, 0.1) is 11.3 Å². The molecule has 0 saturated carbocycles. The van der Waals surface area contributed by atoms with Crippen LogP contribution in [0, 0.1) is 19.7 Å². The van der Waals surface area contributed by atoms with Gasteiger partial charge in [-0.2, -0.15) is 5.10 Å². The van der Waals surface area contributed by atoms with Crippen molar-refractivity contribution in [2.45, 2.75) is 26.8 Å². The van der Waals surface area contributed by atoms with E-state index in [0.29, 0.717) is 12.2 Å². The number of hydrogen-bond acceptors (Lipinski definition) is 3. The molecule has 0 saturated heterocycles. The highest BCUT2D eigenvalue weighted by molar-refractivity contribution is 5.88. The number of hydrogen-bond donors (Lipinski definition) is 2. The van der Waals surface area contributed by atoms with E-state index in [-0.39, 0.29) is 5.56 Å². The lowest BCUT2D eigenvalue weighted by Crippen LogP contribution is -2.09. The molecule has 0 aliphatic heterocycles. The van der Waals surface area contributed by atoms with Crippen molar-refractivity contribution in [3.8, 4) is 0 Å². The highest BCUT2D eigenvalue weighted by Crippen LogP contribution is 2.14. The Bertz CT molecular complexity index is 652. The van der Waals surface area contributed by atoms with Gasteiger partial charge in [0.1, 0.15) is 5.82 Å². The molecule has 2 N–H and O–H groups in total. The van der Waals surface area contributed by atoms with Crippen LogP contribution in [0.1, 0.15) is 28.2 Å². The van der Waals surface area contributed by atoms with Crippen LogP contribution in [0.15, 0.2) is 24.3 Å². The number of benzene rings is 1. The normalized spacial score (nSPS) is 10.6. The second kappa shape index (κ2) is 6.39. The van der Waals surface area contributed by atoms with E-state index in [1.807, 2.05) is 24.6 Å². The Hall–Kier alpha value is -2.37. The number of carboxylic acids is 1. The topological polar surface area (TPSA) is 67.2 Å². The highest BCUT2D eigenvalue weighted by Gasteiger charge is 2.10. The molecule has 21 heavy (non-hydrogen) atoms. The highest BCUT2D eigenvalue weighted by atomic mass is 19.1. The first kappa shape index (κ1) is 15.0. The van der Waals surface area contributed by atoms with Gasteiger partial charge in [-0.25, -0.2) is 9.18 Å². The van der Waals surface area contributed by atoms with Crippen LogP contribution < -0.4 is 5.32 Å².